The van der Waals surface area contributed by atoms with Gasteiger partial charge in [0.25, 0.3) is 5.91 Å². The van der Waals surface area contributed by atoms with Crippen LogP contribution in [0, 0.1) is 5.92 Å². The van der Waals surface area contributed by atoms with Gasteiger partial charge in [0, 0.05) is 34.5 Å². The highest BCUT2D eigenvalue weighted by molar-refractivity contribution is 7.10. The predicted octanol–water partition coefficient (Wildman–Crippen LogP) is 6.11. The topological polar surface area (TPSA) is 49.4 Å². The Hall–Kier alpha value is -2.63. The highest BCUT2D eigenvalue weighted by Crippen LogP contribution is 2.28. The summed E-state index contributed by atoms with van der Waals surface area (Å²) in [6.07, 6.45) is 3.50. The van der Waals surface area contributed by atoms with E-state index in [2.05, 4.69) is 42.6 Å². The maximum absolute atomic E-state index is 13.2. The minimum atomic E-state index is -0.151. The average Bonchev–Trinajstić information content (AvgIpc) is 3.38. The Labute approximate surface area is 204 Å². The van der Waals surface area contributed by atoms with Crippen LogP contribution in [0.4, 0.5) is 0 Å². The van der Waals surface area contributed by atoms with Crippen molar-refractivity contribution in [3.05, 3.63) is 92.6 Å². The van der Waals surface area contributed by atoms with Crippen LogP contribution in [0.15, 0.2) is 66.0 Å². The van der Waals surface area contributed by atoms with Crippen LogP contribution >= 0.6 is 22.9 Å². The molecule has 3 aromatic rings. The second-order valence-electron chi connectivity index (χ2n) is 8.52. The van der Waals surface area contributed by atoms with Gasteiger partial charge in [-0.15, -0.1) is 11.3 Å². The highest BCUT2D eigenvalue weighted by Gasteiger charge is 2.29. The molecular formula is C27H29ClN2O2S. The number of nitrogens with one attached hydrogen (secondary N) is 1. The Kier molecular flexibility index (Phi) is 7.84. The molecule has 1 saturated heterocycles. The third kappa shape index (κ3) is 5.84. The molecule has 0 aliphatic carbocycles. The lowest BCUT2D eigenvalue weighted by atomic mass is 9.94. The van der Waals surface area contributed by atoms with Gasteiger partial charge in [-0.1, -0.05) is 55.3 Å². The average molecular weight is 481 g/mol. The van der Waals surface area contributed by atoms with Crippen molar-refractivity contribution in [1.29, 1.82) is 0 Å². The van der Waals surface area contributed by atoms with Gasteiger partial charge in [-0.2, -0.15) is 0 Å². The summed E-state index contributed by atoms with van der Waals surface area (Å²) in [6, 6.07) is 19.5. The SMILES string of the molecule is CCCc1ccc(C(NC(=O)C2CCN(C(=O)c3ccc(Cl)cc3)CC2)c2cccs2)cc1. The molecule has 1 aliphatic rings. The first kappa shape index (κ1) is 23.5. The molecule has 1 aromatic heterocycles. The summed E-state index contributed by atoms with van der Waals surface area (Å²) in [7, 11) is 0. The van der Waals surface area contributed by atoms with Gasteiger partial charge >= 0.3 is 0 Å². The van der Waals surface area contributed by atoms with Crippen molar-refractivity contribution in [3.63, 3.8) is 0 Å². The highest BCUT2D eigenvalue weighted by atomic mass is 35.5. The number of hydrogen-bond acceptors (Lipinski definition) is 3. The Morgan fingerprint density at radius 3 is 2.36 bits per heavy atom. The zero-order chi connectivity index (χ0) is 23.2. The van der Waals surface area contributed by atoms with Crippen molar-refractivity contribution in [2.45, 2.75) is 38.6 Å². The Bertz CT molecular complexity index is 1060. The number of carbonyl (C=O) groups excluding carboxylic acids is 2. The molecule has 0 bridgehead atoms. The van der Waals surface area contributed by atoms with E-state index in [1.165, 1.54) is 5.56 Å². The second-order valence-corrected chi connectivity index (χ2v) is 9.94. The molecule has 4 nitrogen and oxygen atoms in total. The minimum Gasteiger partial charge on any atom is -0.344 e. The molecule has 0 spiro atoms. The van der Waals surface area contributed by atoms with Crippen molar-refractivity contribution in [2.75, 3.05) is 13.1 Å². The number of amides is 2. The Balaban J connectivity index is 1.39. The van der Waals surface area contributed by atoms with Crippen LogP contribution in [-0.2, 0) is 11.2 Å². The molecule has 4 rings (SSSR count). The molecule has 33 heavy (non-hydrogen) atoms. The Morgan fingerprint density at radius 2 is 1.76 bits per heavy atom. The molecule has 2 heterocycles. The standard InChI is InChI=1S/C27H29ClN2O2S/c1-2-4-19-6-8-20(9-7-19)25(24-5-3-18-33-24)29-26(31)21-14-16-30(17-15-21)27(32)22-10-12-23(28)13-11-22/h3,5-13,18,21,25H,2,4,14-17H2,1H3,(H,29,31). The van der Waals surface area contributed by atoms with Gasteiger partial charge < -0.3 is 10.2 Å². The summed E-state index contributed by atoms with van der Waals surface area (Å²) in [4.78, 5) is 28.9. The summed E-state index contributed by atoms with van der Waals surface area (Å²) >= 11 is 7.59. The number of hydrogen-bond donors (Lipinski definition) is 1. The molecule has 1 atom stereocenters. The van der Waals surface area contributed by atoms with Crippen molar-refractivity contribution in [2.24, 2.45) is 5.92 Å². The number of aryl methyl sites for hydroxylation is 1. The smallest absolute Gasteiger partial charge is 0.253 e. The van der Waals surface area contributed by atoms with Gasteiger partial charge in [0.2, 0.25) is 5.91 Å². The van der Waals surface area contributed by atoms with E-state index in [0.717, 1.165) is 23.3 Å². The summed E-state index contributed by atoms with van der Waals surface area (Å²) in [5.74, 6) is -0.0418. The summed E-state index contributed by atoms with van der Waals surface area (Å²) in [5.41, 5.74) is 3.04. The van der Waals surface area contributed by atoms with E-state index in [0.29, 0.717) is 36.5 Å². The summed E-state index contributed by atoms with van der Waals surface area (Å²) in [5, 5.41) is 5.95. The largest absolute Gasteiger partial charge is 0.344 e. The third-order valence-corrected chi connectivity index (χ3v) is 7.40. The van der Waals surface area contributed by atoms with Crippen LogP contribution in [0.1, 0.15) is 58.6 Å². The molecule has 172 valence electrons. The van der Waals surface area contributed by atoms with Gasteiger partial charge in [-0.25, -0.2) is 0 Å². The molecule has 1 aliphatic heterocycles. The van der Waals surface area contributed by atoms with Crippen molar-refractivity contribution in [3.8, 4) is 0 Å². The maximum Gasteiger partial charge on any atom is 0.253 e. The van der Waals surface area contributed by atoms with Gasteiger partial charge in [0.15, 0.2) is 0 Å². The zero-order valence-electron chi connectivity index (χ0n) is 18.8. The number of rotatable bonds is 7. The first-order valence-electron chi connectivity index (χ1n) is 11.5. The molecular weight excluding hydrogens is 452 g/mol. The number of carbonyl (C=O) groups is 2. The van der Waals surface area contributed by atoms with Crippen molar-refractivity contribution < 1.29 is 9.59 Å². The third-order valence-electron chi connectivity index (χ3n) is 6.21. The molecule has 0 saturated carbocycles. The summed E-state index contributed by atoms with van der Waals surface area (Å²) in [6.45, 7) is 3.33. The predicted molar refractivity (Wildman–Crippen MR) is 135 cm³/mol. The molecule has 2 amide bonds. The first-order chi connectivity index (χ1) is 16.0. The zero-order valence-corrected chi connectivity index (χ0v) is 20.4. The maximum atomic E-state index is 13.2. The van der Waals surface area contributed by atoms with Crippen LogP contribution in [0.5, 0.6) is 0 Å². The molecule has 2 aromatic carbocycles. The number of halogens is 1. The quantitative estimate of drug-likeness (QED) is 0.443. The van der Waals surface area contributed by atoms with Crippen LogP contribution < -0.4 is 5.32 Å². The fourth-order valence-corrected chi connectivity index (χ4v) is 5.25. The monoisotopic (exact) mass is 480 g/mol. The van der Waals surface area contributed by atoms with E-state index in [-0.39, 0.29) is 23.8 Å². The van der Waals surface area contributed by atoms with Gasteiger partial charge in [0.1, 0.15) is 0 Å². The fourth-order valence-electron chi connectivity index (χ4n) is 4.32. The van der Waals surface area contributed by atoms with Crippen LogP contribution in [0.25, 0.3) is 0 Å². The lowest BCUT2D eigenvalue weighted by Gasteiger charge is -2.32. The molecule has 6 heteroatoms. The van der Waals surface area contributed by atoms with E-state index in [9.17, 15) is 9.59 Å². The lowest BCUT2D eigenvalue weighted by Crippen LogP contribution is -2.43. The number of benzene rings is 2. The lowest BCUT2D eigenvalue weighted by molar-refractivity contribution is -0.126. The van der Waals surface area contributed by atoms with E-state index in [1.807, 2.05) is 16.3 Å². The summed E-state index contributed by atoms with van der Waals surface area (Å²) < 4.78 is 0. The van der Waals surface area contributed by atoms with E-state index in [4.69, 9.17) is 11.6 Å². The van der Waals surface area contributed by atoms with Crippen LogP contribution in [0.3, 0.4) is 0 Å². The fraction of sp³-hybridized carbons (Fsp3) is 0.333. The molecule has 1 fully saturated rings. The van der Waals surface area contributed by atoms with Gasteiger partial charge in [-0.05, 0) is 66.1 Å². The number of nitrogens with zero attached hydrogens (tertiary/aromatic N) is 1. The van der Waals surface area contributed by atoms with E-state index < -0.39 is 0 Å². The molecule has 0 radical (unpaired) electrons. The Morgan fingerprint density at radius 1 is 1.06 bits per heavy atom. The van der Waals surface area contributed by atoms with Gasteiger partial charge in [-0.3, -0.25) is 9.59 Å². The van der Waals surface area contributed by atoms with Crippen molar-refractivity contribution in [1.82, 2.24) is 10.2 Å². The second kappa shape index (κ2) is 11.0. The number of piperidine rings is 1. The minimum absolute atomic E-state index is 0.00541. The van der Waals surface area contributed by atoms with Crippen molar-refractivity contribution >= 4 is 34.8 Å². The first-order valence-corrected chi connectivity index (χ1v) is 12.8. The van der Waals surface area contributed by atoms with Crippen LogP contribution in [0.2, 0.25) is 5.02 Å². The van der Waals surface area contributed by atoms with E-state index >= 15 is 0 Å². The molecule has 1 N–H and O–H groups in total. The number of thiophene rings is 1. The number of likely N-dealkylation sites (tertiary alicyclic amines) is 1. The van der Waals surface area contributed by atoms with Gasteiger partial charge in [0.05, 0.1) is 6.04 Å². The normalized spacial score (nSPS) is 15.3. The van der Waals surface area contributed by atoms with E-state index in [1.54, 1.807) is 35.6 Å². The molecule has 1 unspecified atom stereocenters. The van der Waals surface area contributed by atoms with Crippen LogP contribution in [-0.4, -0.2) is 29.8 Å².